The highest BCUT2D eigenvalue weighted by molar-refractivity contribution is 6.02. The van der Waals surface area contributed by atoms with Gasteiger partial charge in [0.2, 0.25) is 0 Å². The summed E-state index contributed by atoms with van der Waals surface area (Å²) in [5, 5.41) is 1.66. The van der Waals surface area contributed by atoms with E-state index in [2.05, 4.69) is 9.80 Å². The molecule has 0 N–H and O–H groups in total. The Kier molecular flexibility index (Phi) is 9.44. The maximum Gasteiger partial charge on any atom is 0.410 e. The monoisotopic (exact) mass is 772 g/mol. The van der Waals surface area contributed by atoms with Crippen LogP contribution in [0.5, 0.6) is 11.8 Å². The smallest absolute Gasteiger partial charge is 0.410 e. The molecule has 2 aromatic carbocycles. The second-order valence-corrected chi connectivity index (χ2v) is 17.0. The van der Waals surface area contributed by atoms with E-state index in [9.17, 15) is 4.79 Å². The van der Waals surface area contributed by atoms with Crippen molar-refractivity contribution in [2.45, 2.75) is 108 Å². The number of nitrogens with zero attached hydrogens (tertiary/aromatic N) is 6. The predicted octanol–water partition coefficient (Wildman–Crippen LogP) is 7.03. The second-order valence-electron chi connectivity index (χ2n) is 17.0. The third-order valence-electron chi connectivity index (χ3n) is 12.4. The lowest BCUT2D eigenvalue weighted by molar-refractivity contribution is 0.0122. The van der Waals surface area contributed by atoms with Crippen molar-refractivity contribution >= 4 is 33.6 Å². The second kappa shape index (κ2) is 14.2. The minimum atomic E-state index is -0.674. The summed E-state index contributed by atoms with van der Waals surface area (Å²) in [5.74, 6) is -0.123. The number of fused-ring (bicyclic) bond motifs is 7. The van der Waals surface area contributed by atoms with Gasteiger partial charge in [-0.15, -0.1) is 0 Å². The molecule has 14 heteroatoms. The average molecular weight is 773 g/mol. The van der Waals surface area contributed by atoms with Crippen LogP contribution in [0, 0.1) is 11.6 Å². The van der Waals surface area contributed by atoms with Crippen LogP contribution in [0.15, 0.2) is 30.5 Å². The summed E-state index contributed by atoms with van der Waals surface area (Å²) in [7, 11) is 1.52. The highest BCUT2D eigenvalue weighted by atomic mass is 19.1. The predicted molar refractivity (Wildman–Crippen MR) is 206 cm³/mol. The standard InChI is InChI=1S/C42H50F2N6O6/c1-6-28-31(43)11-8-24-16-27(55-23-52-5)17-29(34(24)28)36-35(44)37-30(19-45-36)38(48-20-25-9-10-26(21-48)50(25)40(51)56-41(2,3)4)47-39(46-37)54-22-42-13-7-14-49(42)32-12-15-53-33(32)18-42/h8,11,16-17,19,25-26,32-33H,6-7,9-10,12-15,18,20-23H2,1-5H3/t25-,26+,32?,33?,42?. The number of carbonyl (C=O) groups is 1. The van der Waals surface area contributed by atoms with Crippen molar-refractivity contribution in [1.29, 1.82) is 0 Å². The minimum absolute atomic E-state index is 0.0115. The zero-order chi connectivity index (χ0) is 38.9. The Bertz CT molecular complexity index is 2170. The summed E-state index contributed by atoms with van der Waals surface area (Å²) in [6, 6.07) is 6.79. The fourth-order valence-corrected chi connectivity index (χ4v) is 10.1. The molecular weight excluding hydrogens is 722 g/mol. The van der Waals surface area contributed by atoms with Gasteiger partial charge in [0.15, 0.2) is 12.6 Å². The first-order chi connectivity index (χ1) is 27.0. The molecule has 56 heavy (non-hydrogen) atoms. The quantitative estimate of drug-likeness (QED) is 0.164. The van der Waals surface area contributed by atoms with Crippen LogP contribution >= 0.6 is 0 Å². The Morgan fingerprint density at radius 3 is 2.62 bits per heavy atom. The van der Waals surface area contributed by atoms with Gasteiger partial charge in [0.1, 0.15) is 40.8 Å². The molecule has 12 nitrogen and oxygen atoms in total. The van der Waals surface area contributed by atoms with Gasteiger partial charge >= 0.3 is 12.1 Å². The molecule has 5 fully saturated rings. The lowest BCUT2D eigenvalue weighted by atomic mass is 9.94. The number of carbonyl (C=O) groups excluding carboxylic acids is 1. The van der Waals surface area contributed by atoms with Gasteiger partial charge in [-0.1, -0.05) is 13.0 Å². The Morgan fingerprint density at radius 1 is 1.07 bits per heavy atom. The molecule has 0 spiro atoms. The van der Waals surface area contributed by atoms with Crippen LogP contribution in [0.2, 0.25) is 0 Å². The van der Waals surface area contributed by atoms with Crippen molar-refractivity contribution in [2.75, 3.05) is 51.7 Å². The molecule has 298 valence electrons. The van der Waals surface area contributed by atoms with E-state index in [-0.39, 0.29) is 59.7 Å². The normalized spacial score (nSPS) is 26.0. The van der Waals surface area contributed by atoms with E-state index in [1.807, 2.05) is 32.6 Å². The largest absolute Gasteiger partial charge is 0.468 e. The molecule has 1 amide bonds. The number of hydrogen-bond acceptors (Lipinski definition) is 11. The number of hydrogen-bond donors (Lipinski definition) is 0. The van der Waals surface area contributed by atoms with E-state index in [0.29, 0.717) is 71.0 Å². The number of pyridine rings is 1. The number of aromatic nitrogens is 3. The van der Waals surface area contributed by atoms with Gasteiger partial charge < -0.3 is 28.6 Å². The van der Waals surface area contributed by atoms with Crippen LogP contribution in [-0.2, 0) is 20.6 Å². The van der Waals surface area contributed by atoms with Gasteiger partial charge in [-0.2, -0.15) is 9.97 Å². The minimum Gasteiger partial charge on any atom is -0.468 e. The summed E-state index contributed by atoms with van der Waals surface area (Å²) in [6.07, 6.45) is 7.42. The maximum absolute atomic E-state index is 17.5. The van der Waals surface area contributed by atoms with Crippen LogP contribution in [0.1, 0.15) is 71.8 Å². The third kappa shape index (κ3) is 6.37. The molecule has 5 aliphatic heterocycles. The number of amides is 1. The Hall–Kier alpha value is -4.40. The Balaban J connectivity index is 1.14. The summed E-state index contributed by atoms with van der Waals surface area (Å²) in [5.41, 5.74) is 0.0818. The molecule has 3 unspecified atom stereocenters. The number of benzene rings is 2. The topological polar surface area (TPSA) is 112 Å². The maximum atomic E-state index is 17.5. The van der Waals surface area contributed by atoms with Crippen LogP contribution in [-0.4, -0.2) is 113 Å². The van der Waals surface area contributed by atoms with Crippen LogP contribution in [0.3, 0.4) is 0 Å². The molecule has 4 aromatic rings. The van der Waals surface area contributed by atoms with Gasteiger partial charge in [0, 0.05) is 44.6 Å². The van der Waals surface area contributed by atoms with Crippen LogP contribution < -0.4 is 14.4 Å². The number of aryl methyl sites for hydroxylation is 1. The van der Waals surface area contributed by atoms with Crippen molar-refractivity contribution in [3.63, 3.8) is 0 Å². The molecule has 0 radical (unpaired) electrons. The van der Waals surface area contributed by atoms with Crippen molar-refractivity contribution < 1.29 is 37.3 Å². The number of piperazine rings is 1. The molecule has 2 bridgehead atoms. The molecule has 0 saturated carbocycles. The number of anilines is 1. The Labute approximate surface area is 325 Å². The summed E-state index contributed by atoms with van der Waals surface area (Å²) >= 11 is 0. The van der Waals surface area contributed by atoms with Crippen molar-refractivity contribution in [3.05, 3.63) is 47.7 Å². The lowest BCUT2D eigenvalue weighted by Gasteiger charge is -2.42. The average Bonchev–Trinajstić information content (AvgIpc) is 3.92. The fourth-order valence-electron chi connectivity index (χ4n) is 10.1. The molecule has 0 aliphatic carbocycles. The van der Waals surface area contributed by atoms with Gasteiger partial charge in [-0.25, -0.2) is 13.6 Å². The Morgan fingerprint density at radius 2 is 1.88 bits per heavy atom. The first-order valence-electron chi connectivity index (χ1n) is 20.0. The van der Waals surface area contributed by atoms with Crippen LogP contribution in [0.25, 0.3) is 32.9 Å². The number of methoxy groups -OCH3 is 1. The van der Waals surface area contributed by atoms with Crippen molar-refractivity contribution in [3.8, 4) is 23.0 Å². The van der Waals surface area contributed by atoms with Gasteiger partial charge in [-0.3, -0.25) is 14.8 Å². The molecule has 5 aliphatic rings. The molecular formula is C42H50F2N6O6. The summed E-state index contributed by atoms with van der Waals surface area (Å²) < 4.78 is 62.2. The summed E-state index contributed by atoms with van der Waals surface area (Å²) in [6.45, 7) is 10.5. The molecule has 5 saturated heterocycles. The lowest BCUT2D eigenvalue weighted by Crippen LogP contribution is -2.57. The van der Waals surface area contributed by atoms with E-state index in [0.717, 1.165) is 51.7 Å². The third-order valence-corrected chi connectivity index (χ3v) is 12.4. The molecule has 9 rings (SSSR count). The summed E-state index contributed by atoms with van der Waals surface area (Å²) in [4.78, 5) is 34.4. The first kappa shape index (κ1) is 37.2. The van der Waals surface area contributed by atoms with Crippen molar-refractivity contribution in [2.24, 2.45) is 0 Å². The number of ether oxygens (including phenoxy) is 5. The molecule has 5 atom stereocenters. The van der Waals surface area contributed by atoms with E-state index in [1.165, 1.54) is 13.2 Å². The van der Waals surface area contributed by atoms with E-state index in [1.54, 1.807) is 24.4 Å². The van der Waals surface area contributed by atoms with Crippen LogP contribution in [0.4, 0.5) is 19.4 Å². The van der Waals surface area contributed by atoms with Gasteiger partial charge in [-0.05, 0) is 107 Å². The highest BCUT2D eigenvalue weighted by Crippen LogP contribution is 2.47. The van der Waals surface area contributed by atoms with Crippen molar-refractivity contribution in [1.82, 2.24) is 24.8 Å². The highest BCUT2D eigenvalue weighted by Gasteiger charge is 2.56. The van der Waals surface area contributed by atoms with Gasteiger partial charge in [0.25, 0.3) is 0 Å². The van der Waals surface area contributed by atoms with E-state index in [4.69, 9.17) is 38.6 Å². The van der Waals surface area contributed by atoms with Gasteiger partial charge in [0.05, 0.1) is 29.1 Å². The SMILES string of the molecule is CCc1c(F)ccc2cc(OCOC)cc(-c3ncc4c(N5C[C@H]6CC[C@@H](C5)N6C(=O)OC(C)(C)C)nc(OCC56CCCN5C5CCOC5C6)nc4c3F)c12. The fraction of sp³-hybridized carbons (Fsp3) is 0.571. The number of rotatable bonds is 9. The zero-order valence-corrected chi connectivity index (χ0v) is 32.8. The molecule has 2 aromatic heterocycles. The van der Waals surface area contributed by atoms with E-state index >= 15 is 8.78 Å². The first-order valence-corrected chi connectivity index (χ1v) is 20.0. The number of halogens is 2. The van der Waals surface area contributed by atoms with E-state index < -0.39 is 11.4 Å². The zero-order valence-electron chi connectivity index (χ0n) is 32.8. The molecule has 7 heterocycles.